The quantitative estimate of drug-likeness (QED) is 0.705. The first kappa shape index (κ1) is 16.5. The van der Waals surface area contributed by atoms with Gasteiger partial charge in [0.25, 0.3) is 5.56 Å². The molecule has 7 nitrogen and oxygen atoms in total. The van der Waals surface area contributed by atoms with Crippen LogP contribution in [0.2, 0.25) is 0 Å². The zero-order chi connectivity index (χ0) is 17.9. The molecule has 7 heteroatoms. The minimum absolute atomic E-state index is 0.0485. The van der Waals surface area contributed by atoms with Crippen molar-refractivity contribution >= 4 is 16.8 Å². The molecule has 0 spiro atoms. The van der Waals surface area contributed by atoms with E-state index in [0.29, 0.717) is 38.4 Å². The zero-order valence-corrected chi connectivity index (χ0v) is 14.4. The predicted octanol–water partition coefficient (Wildman–Crippen LogP) is 1.11. The first-order chi connectivity index (χ1) is 12.7. The van der Waals surface area contributed by atoms with Crippen LogP contribution in [0, 0.1) is 0 Å². The maximum absolute atomic E-state index is 12.9. The van der Waals surface area contributed by atoms with E-state index in [4.69, 9.17) is 4.74 Å². The van der Waals surface area contributed by atoms with Crippen molar-refractivity contribution in [2.24, 2.45) is 0 Å². The highest BCUT2D eigenvalue weighted by molar-refractivity contribution is 5.80. The van der Waals surface area contributed by atoms with Gasteiger partial charge in [-0.15, -0.1) is 0 Å². The molecule has 0 N–H and O–H groups in total. The Balaban J connectivity index is 1.62. The van der Waals surface area contributed by atoms with Crippen LogP contribution in [0.3, 0.4) is 0 Å². The van der Waals surface area contributed by atoms with Gasteiger partial charge in [-0.1, -0.05) is 6.07 Å². The molecule has 0 aliphatic carbocycles. The number of morpholine rings is 1. The van der Waals surface area contributed by atoms with Gasteiger partial charge in [0, 0.05) is 49.8 Å². The molecule has 0 unspecified atom stereocenters. The Morgan fingerprint density at radius 2 is 1.88 bits per heavy atom. The standard InChI is InChI=1S/C19H20N4O3/c24-17(21-8-10-26-11-9-21)14-23-7-4-16-3-6-22(18(16)19(23)25)13-15-2-1-5-20-12-15/h1-7,12H,8-11,13-14H2. The second-order valence-electron chi connectivity index (χ2n) is 6.35. The van der Waals surface area contributed by atoms with Gasteiger partial charge in [-0.2, -0.15) is 0 Å². The Morgan fingerprint density at radius 1 is 1.12 bits per heavy atom. The summed E-state index contributed by atoms with van der Waals surface area (Å²) in [5.41, 5.74) is 1.47. The monoisotopic (exact) mass is 352 g/mol. The molecule has 0 aromatic carbocycles. The third-order valence-electron chi connectivity index (χ3n) is 4.64. The van der Waals surface area contributed by atoms with E-state index in [2.05, 4.69) is 4.98 Å². The molecular formula is C19H20N4O3. The molecule has 0 saturated carbocycles. The lowest BCUT2D eigenvalue weighted by Crippen LogP contribution is -2.43. The van der Waals surface area contributed by atoms with E-state index >= 15 is 0 Å². The molecule has 3 aromatic rings. The summed E-state index contributed by atoms with van der Waals surface area (Å²) in [5, 5.41) is 0.869. The van der Waals surface area contributed by atoms with Crippen molar-refractivity contribution in [2.45, 2.75) is 13.1 Å². The molecular weight excluding hydrogens is 332 g/mol. The van der Waals surface area contributed by atoms with Gasteiger partial charge < -0.3 is 18.8 Å². The first-order valence-corrected chi connectivity index (χ1v) is 8.65. The SMILES string of the molecule is O=C(Cn1ccc2ccn(Cc3cccnc3)c2c1=O)N1CCOCC1. The molecule has 134 valence electrons. The molecule has 3 aromatic heterocycles. The van der Waals surface area contributed by atoms with Crippen molar-refractivity contribution in [1.29, 1.82) is 0 Å². The molecule has 0 bridgehead atoms. The number of ether oxygens (including phenoxy) is 1. The van der Waals surface area contributed by atoms with E-state index in [1.165, 1.54) is 4.57 Å². The van der Waals surface area contributed by atoms with Gasteiger partial charge in [-0.3, -0.25) is 14.6 Å². The Bertz CT molecular complexity index is 971. The molecule has 1 amide bonds. The summed E-state index contributed by atoms with van der Waals surface area (Å²) in [5.74, 6) is -0.0554. The Morgan fingerprint density at radius 3 is 2.62 bits per heavy atom. The number of nitrogens with zero attached hydrogens (tertiary/aromatic N) is 4. The lowest BCUT2D eigenvalue weighted by Gasteiger charge is -2.27. The van der Waals surface area contributed by atoms with Crippen molar-refractivity contribution in [3.05, 3.63) is 65.0 Å². The number of fused-ring (bicyclic) bond motifs is 1. The number of pyridine rings is 2. The van der Waals surface area contributed by atoms with Crippen LogP contribution in [0.5, 0.6) is 0 Å². The molecule has 26 heavy (non-hydrogen) atoms. The highest BCUT2D eigenvalue weighted by Crippen LogP contribution is 2.13. The number of hydrogen-bond acceptors (Lipinski definition) is 4. The van der Waals surface area contributed by atoms with Crippen LogP contribution in [0.4, 0.5) is 0 Å². The van der Waals surface area contributed by atoms with Gasteiger partial charge in [0.1, 0.15) is 12.1 Å². The fourth-order valence-electron chi connectivity index (χ4n) is 3.25. The molecule has 4 rings (SSSR count). The van der Waals surface area contributed by atoms with Crippen molar-refractivity contribution in [1.82, 2.24) is 19.0 Å². The molecule has 0 radical (unpaired) electrons. The summed E-state index contributed by atoms with van der Waals surface area (Å²) >= 11 is 0. The van der Waals surface area contributed by atoms with E-state index in [1.807, 2.05) is 35.0 Å². The van der Waals surface area contributed by atoms with E-state index in [9.17, 15) is 9.59 Å². The molecule has 1 saturated heterocycles. The van der Waals surface area contributed by atoms with Gasteiger partial charge in [0.05, 0.1) is 13.2 Å². The average molecular weight is 352 g/mol. The Labute approximate surface area is 150 Å². The summed E-state index contributed by atoms with van der Waals surface area (Å²) in [6.45, 7) is 2.86. The van der Waals surface area contributed by atoms with Crippen LogP contribution in [0.25, 0.3) is 10.9 Å². The minimum Gasteiger partial charge on any atom is -0.378 e. The Kier molecular flexibility index (Phi) is 4.53. The number of carbonyl (C=O) groups is 1. The maximum Gasteiger partial charge on any atom is 0.275 e. The van der Waals surface area contributed by atoms with Crippen LogP contribution in [-0.2, 0) is 22.6 Å². The normalized spacial score (nSPS) is 14.7. The number of hydrogen-bond donors (Lipinski definition) is 0. The van der Waals surface area contributed by atoms with E-state index in [1.54, 1.807) is 23.5 Å². The largest absolute Gasteiger partial charge is 0.378 e. The van der Waals surface area contributed by atoms with Gasteiger partial charge in [0.2, 0.25) is 5.91 Å². The molecule has 0 atom stereocenters. The lowest BCUT2D eigenvalue weighted by atomic mass is 10.2. The van der Waals surface area contributed by atoms with Gasteiger partial charge in [-0.05, 0) is 23.8 Å². The number of amides is 1. The third kappa shape index (κ3) is 3.25. The van der Waals surface area contributed by atoms with Crippen LogP contribution in [-0.4, -0.2) is 51.2 Å². The second-order valence-corrected chi connectivity index (χ2v) is 6.35. The predicted molar refractivity (Wildman–Crippen MR) is 96.9 cm³/mol. The summed E-state index contributed by atoms with van der Waals surface area (Å²) in [6.07, 6.45) is 7.10. The van der Waals surface area contributed by atoms with Crippen molar-refractivity contribution < 1.29 is 9.53 Å². The van der Waals surface area contributed by atoms with E-state index in [0.717, 1.165) is 10.9 Å². The fourth-order valence-corrected chi connectivity index (χ4v) is 3.25. The maximum atomic E-state index is 12.9. The first-order valence-electron chi connectivity index (χ1n) is 8.65. The number of aromatic nitrogens is 3. The van der Waals surface area contributed by atoms with Crippen molar-refractivity contribution in [2.75, 3.05) is 26.3 Å². The van der Waals surface area contributed by atoms with Gasteiger partial charge in [0.15, 0.2) is 0 Å². The van der Waals surface area contributed by atoms with Crippen LogP contribution in [0.1, 0.15) is 5.56 Å². The molecule has 4 heterocycles. The molecule has 1 aliphatic heterocycles. The highest BCUT2D eigenvalue weighted by atomic mass is 16.5. The summed E-state index contributed by atoms with van der Waals surface area (Å²) < 4.78 is 8.67. The molecule has 1 aliphatic rings. The fraction of sp³-hybridized carbons (Fsp3) is 0.316. The smallest absolute Gasteiger partial charge is 0.275 e. The second kappa shape index (κ2) is 7.13. The van der Waals surface area contributed by atoms with Gasteiger partial charge in [-0.25, -0.2) is 0 Å². The van der Waals surface area contributed by atoms with Crippen molar-refractivity contribution in [3.63, 3.8) is 0 Å². The lowest BCUT2D eigenvalue weighted by molar-refractivity contribution is -0.135. The molecule has 1 fully saturated rings. The summed E-state index contributed by atoms with van der Waals surface area (Å²) in [6, 6.07) is 7.65. The highest BCUT2D eigenvalue weighted by Gasteiger charge is 2.18. The van der Waals surface area contributed by atoms with E-state index < -0.39 is 0 Å². The zero-order valence-electron chi connectivity index (χ0n) is 14.4. The number of carbonyl (C=O) groups excluding carboxylic acids is 1. The van der Waals surface area contributed by atoms with E-state index in [-0.39, 0.29) is 18.0 Å². The topological polar surface area (TPSA) is 69.4 Å². The van der Waals surface area contributed by atoms with Gasteiger partial charge >= 0.3 is 0 Å². The van der Waals surface area contributed by atoms with Crippen LogP contribution >= 0.6 is 0 Å². The number of rotatable bonds is 4. The van der Waals surface area contributed by atoms with Crippen LogP contribution < -0.4 is 5.56 Å². The minimum atomic E-state index is -0.155. The van der Waals surface area contributed by atoms with Crippen molar-refractivity contribution in [3.8, 4) is 0 Å². The van der Waals surface area contributed by atoms with Crippen LogP contribution in [0.15, 0.2) is 53.8 Å². The third-order valence-corrected chi connectivity index (χ3v) is 4.64. The Hall–Kier alpha value is -2.93. The summed E-state index contributed by atoms with van der Waals surface area (Å²) in [4.78, 5) is 31.3. The average Bonchev–Trinajstić information content (AvgIpc) is 3.09. The summed E-state index contributed by atoms with van der Waals surface area (Å²) in [7, 11) is 0.